The summed E-state index contributed by atoms with van der Waals surface area (Å²) in [5, 5.41) is 0. The van der Waals surface area contributed by atoms with Crippen LogP contribution in [0.25, 0.3) is 26.4 Å². The first-order valence-electron chi connectivity index (χ1n) is 9.33. The molecule has 0 saturated carbocycles. The summed E-state index contributed by atoms with van der Waals surface area (Å²) in [6.45, 7) is 4.90. The number of nitrogens with zero attached hydrogens (tertiary/aromatic N) is 3. The molecule has 1 aliphatic rings. The van der Waals surface area contributed by atoms with E-state index in [0.29, 0.717) is 0 Å². The summed E-state index contributed by atoms with van der Waals surface area (Å²) in [5.41, 5.74) is 11.2. The number of morpholine rings is 1. The van der Waals surface area contributed by atoms with Gasteiger partial charge in [-0.05, 0) is 36.2 Å². The van der Waals surface area contributed by atoms with Gasteiger partial charge in [-0.15, -0.1) is 0 Å². The Morgan fingerprint density at radius 1 is 1.07 bits per heavy atom. The van der Waals surface area contributed by atoms with Crippen LogP contribution >= 0.6 is 11.3 Å². The second-order valence-corrected chi connectivity index (χ2v) is 8.02. The lowest BCUT2D eigenvalue weighted by molar-refractivity contribution is 0.0384. The monoisotopic (exact) mass is 378 g/mol. The van der Waals surface area contributed by atoms with E-state index in [1.807, 2.05) is 24.3 Å². The molecule has 138 valence electrons. The van der Waals surface area contributed by atoms with Crippen LogP contribution in [-0.4, -0.2) is 47.1 Å². The van der Waals surface area contributed by atoms with E-state index in [-0.39, 0.29) is 0 Å². The van der Waals surface area contributed by atoms with Crippen molar-refractivity contribution in [1.82, 2.24) is 14.3 Å². The number of nitrogens with two attached hydrogens (primary N) is 1. The maximum atomic E-state index is 5.79. The molecule has 1 aliphatic heterocycles. The molecule has 0 aliphatic carbocycles. The molecule has 0 spiro atoms. The molecule has 0 unspecified atom stereocenters. The molecular formula is C21H22N4OS. The fourth-order valence-electron chi connectivity index (χ4n) is 3.61. The minimum atomic E-state index is 0.773. The molecule has 3 heterocycles. The van der Waals surface area contributed by atoms with Crippen molar-refractivity contribution < 1.29 is 4.74 Å². The van der Waals surface area contributed by atoms with Crippen molar-refractivity contribution in [2.24, 2.45) is 0 Å². The Morgan fingerprint density at radius 2 is 1.89 bits per heavy atom. The van der Waals surface area contributed by atoms with Crippen LogP contribution in [0.3, 0.4) is 0 Å². The van der Waals surface area contributed by atoms with Gasteiger partial charge in [-0.3, -0.25) is 9.30 Å². The van der Waals surface area contributed by atoms with Crippen LogP contribution in [0.15, 0.2) is 48.7 Å². The van der Waals surface area contributed by atoms with E-state index < -0.39 is 0 Å². The minimum absolute atomic E-state index is 0.773. The molecule has 0 atom stereocenters. The molecule has 1 fully saturated rings. The molecule has 5 nitrogen and oxygen atoms in total. The molecular weight excluding hydrogens is 356 g/mol. The maximum absolute atomic E-state index is 5.79. The van der Waals surface area contributed by atoms with Gasteiger partial charge in [0.2, 0.25) is 0 Å². The highest BCUT2D eigenvalue weighted by Gasteiger charge is 2.12. The summed E-state index contributed by atoms with van der Waals surface area (Å²) in [5.74, 6) is 0. The van der Waals surface area contributed by atoms with Crippen molar-refractivity contribution in [3.05, 3.63) is 54.2 Å². The lowest BCUT2D eigenvalue weighted by Gasteiger charge is -2.26. The van der Waals surface area contributed by atoms with Gasteiger partial charge in [-0.25, -0.2) is 4.98 Å². The summed E-state index contributed by atoms with van der Waals surface area (Å²) >= 11 is 1.75. The number of nitrogen functional groups attached to an aromatic ring is 1. The fourth-order valence-corrected chi connectivity index (χ4v) is 4.68. The Balaban J connectivity index is 1.40. The molecule has 5 rings (SSSR count). The van der Waals surface area contributed by atoms with E-state index in [1.165, 1.54) is 15.8 Å². The van der Waals surface area contributed by atoms with Crippen molar-refractivity contribution >= 4 is 32.2 Å². The van der Waals surface area contributed by atoms with Crippen LogP contribution in [0.5, 0.6) is 0 Å². The minimum Gasteiger partial charge on any atom is -0.399 e. The second kappa shape index (κ2) is 6.96. The van der Waals surface area contributed by atoms with Gasteiger partial charge in [0.25, 0.3) is 0 Å². The van der Waals surface area contributed by atoms with E-state index in [1.54, 1.807) is 11.3 Å². The van der Waals surface area contributed by atoms with E-state index >= 15 is 0 Å². The molecule has 2 N–H and O–H groups in total. The number of imidazole rings is 1. The molecule has 4 aromatic rings. The summed E-state index contributed by atoms with van der Waals surface area (Å²) in [7, 11) is 0. The Bertz CT molecular complexity index is 1080. The largest absolute Gasteiger partial charge is 0.399 e. The zero-order valence-corrected chi connectivity index (χ0v) is 15.9. The number of anilines is 1. The van der Waals surface area contributed by atoms with Crippen LogP contribution in [0.2, 0.25) is 0 Å². The maximum Gasteiger partial charge on any atom is 0.195 e. The predicted molar refractivity (Wildman–Crippen MR) is 111 cm³/mol. The third-order valence-corrected chi connectivity index (χ3v) is 6.20. The standard InChI is InChI=1S/C21H22N4OS/c22-17-4-2-16(3-5-17)18-14-25-19-6-1-15(13-20(19)27-21(25)23-18)7-8-24-9-11-26-12-10-24/h1-6,13-14H,7-12,22H2. The quantitative estimate of drug-likeness (QED) is 0.551. The SMILES string of the molecule is Nc1ccc(-c2cn3c(n2)sc2cc(CCN4CCOCC4)ccc23)cc1. The van der Waals surface area contributed by atoms with Gasteiger partial charge >= 0.3 is 0 Å². The Hall–Kier alpha value is -2.41. The number of thiazole rings is 1. The Labute approximate surface area is 162 Å². The summed E-state index contributed by atoms with van der Waals surface area (Å²) < 4.78 is 8.91. The van der Waals surface area contributed by atoms with Gasteiger partial charge in [-0.1, -0.05) is 29.5 Å². The first-order chi connectivity index (χ1) is 13.3. The smallest absolute Gasteiger partial charge is 0.195 e. The van der Waals surface area contributed by atoms with E-state index in [0.717, 1.165) is 61.2 Å². The number of hydrogen-bond donors (Lipinski definition) is 1. The first-order valence-corrected chi connectivity index (χ1v) is 10.1. The highest BCUT2D eigenvalue weighted by molar-refractivity contribution is 7.23. The topological polar surface area (TPSA) is 55.8 Å². The molecule has 2 aromatic heterocycles. The number of fused-ring (bicyclic) bond motifs is 3. The average Bonchev–Trinajstić information content (AvgIpc) is 3.25. The number of hydrogen-bond acceptors (Lipinski definition) is 5. The molecule has 6 heteroatoms. The van der Waals surface area contributed by atoms with Crippen LogP contribution in [0.1, 0.15) is 5.56 Å². The van der Waals surface area contributed by atoms with E-state index in [4.69, 9.17) is 15.5 Å². The number of benzene rings is 2. The van der Waals surface area contributed by atoms with Crippen LogP contribution in [-0.2, 0) is 11.2 Å². The molecule has 1 saturated heterocycles. The van der Waals surface area contributed by atoms with Crippen molar-refractivity contribution in [2.75, 3.05) is 38.6 Å². The zero-order valence-electron chi connectivity index (χ0n) is 15.1. The van der Waals surface area contributed by atoms with Crippen molar-refractivity contribution in [3.8, 4) is 11.3 Å². The number of ether oxygens (including phenoxy) is 1. The lowest BCUT2D eigenvalue weighted by atomic mass is 10.1. The third kappa shape index (κ3) is 3.32. The molecule has 0 amide bonds. The van der Waals surface area contributed by atoms with Crippen LogP contribution in [0, 0.1) is 0 Å². The van der Waals surface area contributed by atoms with Crippen molar-refractivity contribution in [3.63, 3.8) is 0 Å². The van der Waals surface area contributed by atoms with Gasteiger partial charge in [-0.2, -0.15) is 0 Å². The normalized spacial score (nSPS) is 15.7. The van der Waals surface area contributed by atoms with Gasteiger partial charge < -0.3 is 10.5 Å². The summed E-state index contributed by atoms with van der Waals surface area (Å²) in [6.07, 6.45) is 3.19. The van der Waals surface area contributed by atoms with Crippen LogP contribution in [0.4, 0.5) is 5.69 Å². The van der Waals surface area contributed by atoms with Gasteiger partial charge in [0.15, 0.2) is 4.96 Å². The second-order valence-electron chi connectivity index (χ2n) is 7.01. The Kier molecular flexibility index (Phi) is 4.32. The summed E-state index contributed by atoms with van der Waals surface area (Å²) in [6, 6.07) is 14.7. The van der Waals surface area contributed by atoms with Gasteiger partial charge in [0, 0.05) is 37.1 Å². The highest BCUT2D eigenvalue weighted by Crippen LogP contribution is 2.30. The third-order valence-electron chi connectivity index (χ3n) is 5.19. The summed E-state index contributed by atoms with van der Waals surface area (Å²) in [4.78, 5) is 8.33. The first kappa shape index (κ1) is 16.7. The van der Waals surface area contributed by atoms with E-state index in [2.05, 4.69) is 33.7 Å². The number of aromatic nitrogens is 2. The fraction of sp³-hybridized carbons (Fsp3) is 0.286. The lowest BCUT2D eigenvalue weighted by Crippen LogP contribution is -2.37. The van der Waals surface area contributed by atoms with Crippen molar-refractivity contribution in [2.45, 2.75) is 6.42 Å². The van der Waals surface area contributed by atoms with Gasteiger partial charge in [0.1, 0.15) is 0 Å². The predicted octanol–water partition coefficient (Wildman–Crippen LogP) is 3.67. The number of rotatable bonds is 4. The van der Waals surface area contributed by atoms with Crippen molar-refractivity contribution in [1.29, 1.82) is 0 Å². The Morgan fingerprint density at radius 3 is 2.70 bits per heavy atom. The van der Waals surface area contributed by atoms with E-state index in [9.17, 15) is 0 Å². The molecule has 27 heavy (non-hydrogen) atoms. The zero-order chi connectivity index (χ0) is 18.2. The molecule has 0 radical (unpaired) electrons. The molecule has 0 bridgehead atoms. The van der Waals surface area contributed by atoms with Gasteiger partial charge in [0.05, 0.1) is 29.1 Å². The molecule has 2 aromatic carbocycles. The van der Waals surface area contributed by atoms with Crippen LogP contribution < -0.4 is 5.73 Å². The average molecular weight is 379 g/mol. The highest BCUT2D eigenvalue weighted by atomic mass is 32.1.